The van der Waals surface area contributed by atoms with Gasteiger partial charge in [-0.25, -0.2) is 0 Å². The highest BCUT2D eigenvalue weighted by atomic mass is 31.2. The van der Waals surface area contributed by atoms with E-state index in [0.717, 1.165) is 109 Å². The lowest BCUT2D eigenvalue weighted by Crippen LogP contribution is -2.45. The number of carbonyl (C=O) groups is 1. The van der Waals surface area contributed by atoms with Crippen LogP contribution in [-0.2, 0) is 18.4 Å². The number of nitrogens with one attached hydrogen (secondary N) is 1. The minimum atomic E-state index is -4.61. The number of phosphoric acid groups is 1. The van der Waals surface area contributed by atoms with Gasteiger partial charge in [-0.1, -0.05) is 289 Å². The number of nitrogens with zero attached hydrogens (tertiary/aromatic N) is 1. The summed E-state index contributed by atoms with van der Waals surface area (Å²) in [6.45, 7) is 4.54. The van der Waals surface area contributed by atoms with Crippen molar-refractivity contribution in [2.75, 3.05) is 40.9 Å². The molecule has 0 aliphatic heterocycles. The Balaban J connectivity index is 4.16. The molecule has 0 heterocycles. The summed E-state index contributed by atoms with van der Waals surface area (Å²) in [5.41, 5.74) is 0. The quantitative estimate of drug-likeness (QED) is 0.0272. The predicted octanol–water partition coefficient (Wildman–Crippen LogP) is 19.9. The van der Waals surface area contributed by atoms with Gasteiger partial charge in [0.05, 0.1) is 39.9 Å². The van der Waals surface area contributed by atoms with Gasteiger partial charge in [-0.05, 0) is 89.9 Å². The van der Waals surface area contributed by atoms with E-state index in [-0.39, 0.29) is 19.1 Å². The zero-order valence-corrected chi connectivity index (χ0v) is 52.7. The van der Waals surface area contributed by atoms with E-state index in [1.54, 1.807) is 6.08 Å². The SMILES string of the molecule is CC/C=C\C/C=C\C/C=C\C/C=C\C/C=C\C/C=C\C/C=C\C/C=C\C/C=C\CCCCCCCCCCCC(=O)NC(COP(=O)([O-])OCC[N+](C)(C)C)C(O)/C=C/CCCCCCCCCCCCCCCCCCCC. The number of unbranched alkanes of at least 4 members (excludes halogenated alkanes) is 27. The number of hydrogen-bond donors (Lipinski definition) is 2. The maximum absolute atomic E-state index is 13.0. The first-order valence-corrected chi connectivity index (χ1v) is 33.9. The molecule has 79 heavy (non-hydrogen) atoms. The number of allylic oxidation sites excluding steroid dienone is 19. The molecule has 0 aromatic heterocycles. The molecule has 2 N–H and O–H groups in total. The number of rotatable bonds is 58. The van der Waals surface area contributed by atoms with Gasteiger partial charge in [0.2, 0.25) is 5.91 Å². The van der Waals surface area contributed by atoms with Crippen molar-refractivity contribution in [2.24, 2.45) is 0 Å². The summed E-state index contributed by atoms with van der Waals surface area (Å²) >= 11 is 0. The predicted molar refractivity (Wildman–Crippen MR) is 343 cm³/mol. The lowest BCUT2D eigenvalue weighted by molar-refractivity contribution is -0.870. The molecule has 0 saturated heterocycles. The summed E-state index contributed by atoms with van der Waals surface area (Å²) in [6.07, 6.45) is 88.6. The van der Waals surface area contributed by atoms with Crippen LogP contribution in [0.3, 0.4) is 0 Å². The Bertz CT molecular complexity index is 1700. The fraction of sp³-hybridized carbons (Fsp3) is 0.700. The van der Waals surface area contributed by atoms with Crippen LogP contribution in [0.5, 0.6) is 0 Å². The zero-order chi connectivity index (χ0) is 57.7. The summed E-state index contributed by atoms with van der Waals surface area (Å²) in [5.74, 6) is -0.207. The second kappa shape index (κ2) is 59.5. The Labute approximate surface area is 488 Å². The summed E-state index contributed by atoms with van der Waals surface area (Å²) in [4.78, 5) is 25.6. The van der Waals surface area contributed by atoms with Gasteiger partial charge >= 0.3 is 0 Å². The maximum Gasteiger partial charge on any atom is 0.268 e. The molecule has 8 nitrogen and oxygen atoms in total. The van der Waals surface area contributed by atoms with E-state index in [4.69, 9.17) is 9.05 Å². The Morgan fingerprint density at radius 1 is 0.456 bits per heavy atom. The van der Waals surface area contributed by atoms with E-state index in [2.05, 4.69) is 129 Å². The summed E-state index contributed by atoms with van der Waals surface area (Å²) in [5, 5.41) is 13.9. The van der Waals surface area contributed by atoms with Crippen LogP contribution in [0.4, 0.5) is 0 Å². The Kier molecular flexibility index (Phi) is 57.2. The second-order valence-electron chi connectivity index (χ2n) is 22.7. The molecule has 0 fully saturated rings. The van der Waals surface area contributed by atoms with E-state index in [9.17, 15) is 19.4 Å². The van der Waals surface area contributed by atoms with Crippen LogP contribution in [0.1, 0.15) is 264 Å². The van der Waals surface area contributed by atoms with E-state index in [1.165, 1.54) is 135 Å². The van der Waals surface area contributed by atoms with Crippen LogP contribution in [0.2, 0.25) is 0 Å². The smallest absolute Gasteiger partial charge is 0.268 e. The van der Waals surface area contributed by atoms with Crippen LogP contribution >= 0.6 is 7.82 Å². The van der Waals surface area contributed by atoms with Crippen LogP contribution in [0.25, 0.3) is 0 Å². The summed E-state index contributed by atoms with van der Waals surface area (Å²) in [6, 6.07) is -0.899. The highest BCUT2D eigenvalue weighted by Crippen LogP contribution is 2.38. The van der Waals surface area contributed by atoms with Crippen molar-refractivity contribution in [1.29, 1.82) is 0 Å². The molecule has 0 radical (unpaired) electrons. The third-order valence-corrected chi connectivity index (χ3v) is 14.9. The van der Waals surface area contributed by atoms with Crippen LogP contribution in [0, 0.1) is 0 Å². The fourth-order valence-electron chi connectivity index (χ4n) is 8.91. The minimum Gasteiger partial charge on any atom is -0.756 e. The number of phosphoric ester groups is 1. The molecule has 9 heteroatoms. The monoisotopic (exact) mass is 1120 g/mol. The number of quaternary nitrogens is 1. The summed E-state index contributed by atoms with van der Waals surface area (Å²) < 4.78 is 23.4. The average molecular weight is 1120 g/mol. The van der Waals surface area contributed by atoms with Gasteiger partial charge in [0, 0.05) is 6.42 Å². The molecule has 0 aliphatic carbocycles. The molecule has 0 saturated carbocycles. The van der Waals surface area contributed by atoms with Crippen LogP contribution < -0.4 is 10.2 Å². The molecule has 3 unspecified atom stereocenters. The van der Waals surface area contributed by atoms with Gasteiger partial charge < -0.3 is 28.8 Å². The number of amides is 1. The molecule has 454 valence electrons. The Hall–Kier alpha value is -3.10. The molecule has 1 amide bonds. The van der Waals surface area contributed by atoms with Crippen molar-refractivity contribution < 1.29 is 32.9 Å². The lowest BCUT2D eigenvalue weighted by atomic mass is 10.0. The minimum absolute atomic E-state index is 0.00737. The van der Waals surface area contributed by atoms with E-state index in [0.29, 0.717) is 17.4 Å². The number of carbonyl (C=O) groups excluding carboxylic acids is 1. The van der Waals surface area contributed by atoms with Crippen molar-refractivity contribution in [1.82, 2.24) is 5.32 Å². The Morgan fingerprint density at radius 2 is 0.772 bits per heavy atom. The van der Waals surface area contributed by atoms with E-state index < -0.39 is 20.0 Å². The van der Waals surface area contributed by atoms with Crippen molar-refractivity contribution in [3.63, 3.8) is 0 Å². The number of hydrogen-bond acceptors (Lipinski definition) is 6. The zero-order valence-electron chi connectivity index (χ0n) is 51.8. The molecular weight excluding hydrogens is 996 g/mol. The maximum atomic E-state index is 13.0. The summed E-state index contributed by atoms with van der Waals surface area (Å²) in [7, 11) is 1.25. The molecule has 0 aromatic carbocycles. The highest BCUT2D eigenvalue weighted by molar-refractivity contribution is 7.45. The van der Waals surface area contributed by atoms with Gasteiger partial charge in [-0.3, -0.25) is 9.36 Å². The third kappa shape index (κ3) is 62.4. The third-order valence-electron chi connectivity index (χ3n) is 13.9. The van der Waals surface area contributed by atoms with Crippen molar-refractivity contribution in [3.8, 4) is 0 Å². The first kappa shape index (κ1) is 75.9. The van der Waals surface area contributed by atoms with Gasteiger partial charge in [0.1, 0.15) is 13.2 Å². The highest BCUT2D eigenvalue weighted by Gasteiger charge is 2.23. The van der Waals surface area contributed by atoms with Crippen molar-refractivity contribution in [2.45, 2.75) is 276 Å². The standard InChI is InChI=1S/C70H123N2O6P/c1-6-8-10-12-14-16-18-20-22-24-26-28-29-30-31-32-33-34-35-36-37-38-39-40-41-42-43-44-46-48-50-52-54-56-58-60-62-64-70(74)71-68(67-78-79(75,76)77-66-65-72(3,4)5)69(73)63-61-59-57-55-53-51-49-47-45-27-25-23-21-19-17-15-13-11-9-7-2/h8,10,14,16,20,22,26,28,30-31,33-34,36-37,39-40,42-43,61,63,68-69,73H,6-7,9,11-13,15,17-19,21,23-25,27,29,32,35,38,41,44-60,62,64-67H2,1-5H3,(H-,71,74,75,76)/b10-8-,16-14-,22-20-,28-26-,31-30-,34-33-,37-36-,40-39-,43-42-,63-61+. The largest absolute Gasteiger partial charge is 0.756 e. The van der Waals surface area contributed by atoms with Crippen LogP contribution in [-0.4, -0.2) is 68.5 Å². The molecule has 0 aromatic rings. The van der Waals surface area contributed by atoms with E-state index >= 15 is 0 Å². The van der Waals surface area contributed by atoms with Gasteiger partial charge in [0.25, 0.3) is 7.82 Å². The molecule has 0 bridgehead atoms. The normalized spacial score (nSPS) is 14.6. The number of likely N-dealkylation sites (N-methyl/N-ethyl adjacent to an activating group) is 1. The first-order chi connectivity index (χ1) is 38.5. The lowest BCUT2D eigenvalue weighted by Gasteiger charge is -2.29. The second-order valence-corrected chi connectivity index (χ2v) is 24.1. The van der Waals surface area contributed by atoms with Gasteiger partial charge in [-0.2, -0.15) is 0 Å². The molecular formula is C70H123N2O6P. The average Bonchev–Trinajstić information content (AvgIpc) is 3.42. The van der Waals surface area contributed by atoms with Gasteiger partial charge in [-0.15, -0.1) is 0 Å². The van der Waals surface area contributed by atoms with Gasteiger partial charge in [0.15, 0.2) is 0 Å². The Morgan fingerprint density at radius 3 is 1.13 bits per heavy atom. The van der Waals surface area contributed by atoms with E-state index in [1.807, 2.05) is 27.2 Å². The molecule has 3 atom stereocenters. The molecule has 0 spiro atoms. The topological polar surface area (TPSA) is 108 Å². The first-order valence-electron chi connectivity index (χ1n) is 32.4. The molecule has 0 aliphatic rings. The van der Waals surface area contributed by atoms with Crippen molar-refractivity contribution in [3.05, 3.63) is 122 Å². The van der Waals surface area contributed by atoms with Crippen LogP contribution in [0.15, 0.2) is 122 Å². The number of aliphatic hydroxyl groups is 1. The van der Waals surface area contributed by atoms with Crippen molar-refractivity contribution >= 4 is 13.7 Å². The molecule has 0 rings (SSSR count). The fourth-order valence-corrected chi connectivity index (χ4v) is 9.63. The number of aliphatic hydroxyl groups excluding tert-OH is 1.